The van der Waals surface area contributed by atoms with Crippen LogP contribution in [0.25, 0.3) is 11.0 Å². The molecule has 0 bridgehead atoms. The van der Waals surface area contributed by atoms with Crippen LogP contribution in [0.1, 0.15) is 63.9 Å². The van der Waals surface area contributed by atoms with Crippen molar-refractivity contribution in [2.45, 2.75) is 57.6 Å². The quantitative estimate of drug-likeness (QED) is 0.170. The first kappa shape index (κ1) is 31.4. The van der Waals surface area contributed by atoms with Crippen molar-refractivity contribution in [2.75, 3.05) is 19.7 Å². The molecule has 1 unspecified atom stereocenters. The Labute approximate surface area is 276 Å². The van der Waals surface area contributed by atoms with E-state index < -0.39 is 11.8 Å². The third-order valence-electron chi connectivity index (χ3n) is 8.95. The zero-order chi connectivity index (χ0) is 33.0. The smallest absolute Gasteiger partial charge is 0.335 e. The van der Waals surface area contributed by atoms with Crippen LogP contribution in [0.4, 0.5) is 4.39 Å². The number of carbonyl (C=O) groups is 1. The number of aromatic carboxylic acids is 1. The number of hydrogen-bond acceptors (Lipinski definition) is 9. The largest absolute Gasteiger partial charge is 0.483 e. The number of nitrogens with zero attached hydrogens (tertiary/aromatic N) is 5. The summed E-state index contributed by atoms with van der Waals surface area (Å²) in [4.78, 5) is 24.2. The van der Waals surface area contributed by atoms with Gasteiger partial charge in [0.15, 0.2) is 0 Å². The molecule has 12 heteroatoms. The number of benzene rings is 2. The second-order valence-electron chi connectivity index (χ2n) is 12.1. The van der Waals surface area contributed by atoms with Crippen LogP contribution < -0.4 is 9.47 Å². The number of aromatic nitrogens is 3. The fourth-order valence-electron chi connectivity index (χ4n) is 6.18. The van der Waals surface area contributed by atoms with Gasteiger partial charge in [-0.3, -0.25) is 4.90 Å². The van der Waals surface area contributed by atoms with Crippen molar-refractivity contribution >= 4 is 17.0 Å². The third-order valence-corrected chi connectivity index (χ3v) is 8.95. The Balaban J connectivity index is 1.05. The highest BCUT2D eigenvalue weighted by atomic mass is 19.1. The van der Waals surface area contributed by atoms with E-state index in [1.165, 1.54) is 12.1 Å². The number of piperidine rings is 1. The molecule has 246 valence electrons. The number of likely N-dealkylation sites (tertiary alicyclic amines) is 1. The molecule has 7 rings (SSSR count). The highest BCUT2D eigenvalue weighted by Crippen LogP contribution is 2.33. The Hall–Kier alpha value is -5.25. The maximum Gasteiger partial charge on any atom is 0.335 e. The number of carboxylic acid groups (broad SMARTS) is 1. The average molecular weight is 652 g/mol. The molecular formula is C36H34FN5O6. The molecular weight excluding hydrogens is 617 g/mol. The first-order chi connectivity index (χ1) is 23.4. The molecule has 2 fully saturated rings. The summed E-state index contributed by atoms with van der Waals surface area (Å²) >= 11 is 0. The SMILES string of the molecule is N#Cc1ccc(COc2cccc(C3CCN(Cc4nc5c(OCc6ccco6)cc(C(=O)O)cc5n4CC4CCO4)CC3)n2)c(F)c1. The van der Waals surface area contributed by atoms with E-state index in [2.05, 4.69) is 9.47 Å². The molecule has 11 nitrogen and oxygen atoms in total. The van der Waals surface area contributed by atoms with Gasteiger partial charge in [-0.15, -0.1) is 0 Å². The van der Waals surface area contributed by atoms with Crippen molar-refractivity contribution in [3.8, 4) is 17.7 Å². The number of halogens is 1. The molecule has 2 saturated heterocycles. The van der Waals surface area contributed by atoms with Crippen molar-refractivity contribution in [3.05, 3.63) is 107 Å². The highest BCUT2D eigenvalue weighted by Gasteiger charge is 2.27. The van der Waals surface area contributed by atoms with Crippen LogP contribution in [-0.2, 0) is 31.0 Å². The highest BCUT2D eigenvalue weighted by molar-refractivity contribution is 5.95. The van der Waals surface area contributed by atoms with Crippen LogP contribution in [0.2, 0.25) is 0 Å². The number of furan rings is 1. The van der Waals surface area contributed by atoms with Gasteiger partial charge >= 0.3 is 5.97 Å². The number of pyridine rings is 1. The minimum Gasteiger partial charge on any atom is -0.483 e. The molecule has 1 N–H and O–H groups in total. The minimum atomic E-state index is -1.04. The standard InChI is InChI=1S/C36H34FN5O6/c37-29-15-23(18-38)6-7-25(29)21-48-34-5-1-4-30(39-34)24-8-11-41(12-9-24)20-33-40-35-31(42(33)19-27-10-14-46-27)16-26(36(43)44)17-32(35)47-22-28-3-2-13-45-28/h1-7,13,15-17,24,27H,8-12,14,19-22H2,(H,43,44). The second-order valence-corrected chi connectivity index (χ2v) is 12.1. The van der Waals surface area contributed by atoms with Gasteiger partial charge in [-0.25, -0.2) is 19.2 Å². The van der Waals surface area contributed by atoms with E-state index in [0.717, 1.165) is 43.9 Å². The molecule has 3 aromatic heterocycles. The van der Waals surface area contributed by atoms with Crippen molar-refractivity contribution in [2.24, 2.45) is 0 Å². The predicted molar refractivity (Wildman–Crippen MR) is 171 cm³/mol. The minimum absolute atomic E-state index is 0.0168. The van der Waals surface area contributed by atoms with Gasteiger partial charge in [0.2, 0.25) is 5.88 Å². The van der Waals surface area contributed by atoms with Gasteiger partial charge in [0.05, 0.1) is 48.2 Å². The van der Waals surface area contributed by atoms with Crippen molar-refractivity contribution in [1.82, 2.24) is 19.4 Å². The lowest BCUT2D eigenvalue weighted by Crippen LogP contribution is -2.35. The van der Waals surface area contributed by atoms with Gasteiger partial charge in [-0.1, -0.05) is 12.1 Å². The molecule has 2 aliphatic rings. The van der Waals surface area contributed by atoms with Crippen LogP contribution in [-0.4, -0.2) is 56.3 Å². The summed E-state index contributed by atoms with van der Waals surface area (Å²) in [6, 6.07) is 18.7. The van der Waals surface area contributed by atoms with Crippen LogP contribution in [0.3, 0.4) is 0 Å². The number of nitriles is 1. The number of hydrogen-bond donors (Lipinski definition) is 1. The van der Waals surface area contributed by atoms with Gasteiger partial charge < -0.3 is 28.3 Å². The number of ether oxygens (including phenoxy) is 3. The normalized spacial score (nSPS) is 16.8. The first-order valence-electron chi connectivity index (χ1n) is 16.0. The number of imidazole rings is 1. The Morgan fingerprint density at radius 1 is 1.04 bits per heavy atom. The van der Waals surface area contributed by atoms with E-state index in [-0.39, 0.29) is 36.4 Å². The fourth-order valence-corrected chi connectivity index (χ4v) is 6.18. The second kappa shape index (κ2) is 13.9. The van der Waals surface area contributed by atoms with Gasteiger partial charge in [-0.2, -0.15) is 5.26 Å². The Morgan fingerprint density at radius 2 is 1.90 bits per heavy atom. The maximum atomic E-state index is 14.3. The summed E-state index contributed by atoms with van der Waals surface area (Å²) in [5.74, 6) is 0.986. The number of fused-ring (bicyclic) bond motifs is 1. The lowest BCUT2D eigenvalue weighted by molar-refractivity contribution is -0.0592. The van der Waals surface area contributed by atoms with E-state index in [4.69, 9.17) is 33.9 Å². The average Bonchev–Trinajstić information content (AvgIpc) is 3.73. The molecule has 2 aromatic carbocycles. The topological polar surface area (TPSA) is 136 Å². The molecule has 0 radical (unpaired) electrons. The van der Waals surface area contributed by atoms with E-state index in [9.17, 15) is 14.3 Å². The summed E-state index contributed by atoms with van der Waals surface area (Å²) in [5.41, 5.74) is 2.99. The third kappa shape index (κ3) is 6.88. The van der Waals surface area contributed by atoms with Crippen molar-refractivity contribution in [3.63, 3.8) is 0 Å². The molecule has 0 saturated carbocycles. The van der Waals surface area contributed by atoms with Crippen LogP contribution in [0.15, 0.2) is 71.3 Å². The van der Waals surface area contributed by atoms with Crippen LogP contribution >= 0.6 is 0 Å². The summed E-state index contributed by atoms with van der Waals surface area (Å²) in [5, 5.41) is 18.9. The molecule has 1 atom stereocenters. The van der Waals surface area contributed by atoms with E-state index in [1.54, 1.807) is 42.7 Å². The summed E-state index contributed by atoms with van der Waals surface area (Å²) < 4.78 is 39.5. The lowest BCUT2D eigenvalue weighted by Gasteiger charge is -2.32. The molecule has 0 amide bonds. The van der Waals surface area contributed by atoms with Crippen LogP contribution in [0.5, 0.6) is 11.6 Å². The molecule has 48 heavy (non-hydrogen) atoms. The molecule has 5 aromatic rings. The van der Waals surface area contributed by atoms with E-state index in [1.807, 2.05) is 18.2 Å². The number of carboxylic acids is 1. The Morgan fingerprint density at radius 3 is 2.60 bits per heavy atom. The van der Waals surface area contributed by atoms with Gasteiger partial charge in [-0.05, 0) is 74.8 Å². The van der Waals surface area contributed by atoms with Gasteiger partial charge in [0.1, 0.15) is 41.9 Å². The van der Waals surface area contributed by atoms with Crippen molar-refractivity contribution < 1.29 is 32.9 Å². The molecule has 2 aliphatic heterocycles. The summed E-state index contributed by atoms with van der Waals surface area (Å²) in [6.07, 6.45) is 4.31. The van der Waals surface area contributed by atoms with Gasteiger partial charge in [0, 0.05) is 29.8 Å². The maximum absolute atomic E-state index is 14.3. The zero-order valence-electron chi connectivity index (χ0n) is 26.2. The zero-order valence-corrected chi connectivity index (χ0v) is 26.2. The van der Waals surface area contributed by atoms with Crippen molar-refractivity contribution in [1.29, 1.82) is 5.26 Å². The lowest BCUT2D eigenvalue weighted by atomic mass is 9.93. The summed E-state index contributed by atoms with van der Waals surface area (Å²) in [7, 11) is 0. The molecule has 0 spiro atoms. The predicted octanol–water partition coefficient (Wildman–Crippen LogP) is 6.06. The van der Waals surface area contributed by atoms with Crippen LogP contribution in [0, 0.1) is 17.1 Å². The first-order valence-corrected chi connectivity index (χ1v) is 16.0. The summed E-state index contributed by atoms with van der Waals surface area (Å²) in [6.45, 7) is 3.68. The van der Waals surface area contributed by atoms with E-state index in [0.29, 0.717) is 53.7 Å². The molecule has 0 aliphatic carbocycles. The fraction of sp³-hybridized carbons (Fsp3) is 0.333. The monoisotopic (exact) mass is 651 g/mol. The Kier molecular flexibility index (Phi) is 9.05. The molecule has 5 heterocycles. The Bertz CT molecular complexity index is 1960. The van der Waals surface area contributed by atoms with E-state index >= 15 is 0 Å². The number of rotatable bonds is 12. The van der Waals surface area contributed by atoms with Gasteiger partial charge in [0.25, 0.3) is 0 Å².